The third kappa shape index (κ3) is 3.58. The molecule has 0 aliphatic rings. The minimum Gasteiger partial charge on any atom is -0.309 e. The summed E-state index contributed by atoms with van der Waals surface area (Å²) in [5, 5.41) is 10.2. The van der Waals surface area contributed by atoms with Gasteiger partial charge in [0.05, 0.1) is 11.0 Å². The number of hydrogen-bond donors (Lipinski definition) is 0. The maximum Gasteiger partial charge on any atom is 0.0541 e. The van der Waals surface area contributed by atoms with Crippen LogP contribution in [0.1, 0.15) is 0 Å². The van der Waals surface area contributed by atoms with Crippen LogP contribution in [-0.4, -0.2) is 4.57 Å². The van der Waals surface area contributed by atoms with E-state index in [1.54, 1.807) is 0 Å². The van der Waals surface area contributed by atoms with Gasteiger partial charge in [-0.1, -0.05) is 133 Å². The predicted octanol–water partition coefficient (Wildman–Crippen LogP) is 11.6. The van der Waals surface area contributed by atoms with Gasteiger partial charge in [-0.25, -0.2) is 0 Å². The summed E-state index contributed by atoms with van der Waals surface area (Å²) < 4.78 is 2.38. The fourth-order valence-electron chi connectivity index (χ4n) is 7.16. The molecule has 1 nitrogen and oxygen atoms in total. The molecule has 8 aromatic carbocycles. The average Bonchev–Trinajstić information content (AvgIpc) is 3.41. The third-order valence-electron chi connectivity index (χ3n) is 8.97. The summed E-state index contributed by atoms with van der Waals surface area (Å²) >= 11 is 0. The molecule has 0 aliphatic carbocycles. The molecule has 0 atom stereocenters. The Labute approximate surface area is 249 Å². The first-order chi connectivity index (χ1) is 21.4. The number of fused-ring (bicyclic) bond motifs is 6. The Balaban J connectivity index is 1.39. The van der Waals surface area contributed by atoms with Crippen molar-refractivity contribution in [2.45, 2.75) is 0 Å². The number of nitrogens with zero attached hydrogens (tertiary/aromatic N) is 1. The Morgan fingerprint density at radius 1 is 0.326 bits per heavy atom. The quantitative estimate of drug-likeness (QED) is 0.194. The average molecular weight is 547 g/mol. The van der Waals surface area contributed by atoms with Gasteiger partial charge >= 0.3 is 0 Å². The molecule has 200 valence electrons. The zero-order valence-electron chi connectivity index (χ0n) is 23.5. The Hall–Kier alpha value is -5.66. The summed E-state index contributed by atoms with van der Waals surface area (Å²) in [5.41, 5.74) is 8.72. The number of rotatable bonds is 3. The molecule has 0 saturated heterocycles. The van der Waals surface area contributed by atoms with E-state index in [0.29, 0.717) is 0 Å². The summed E-state index contributed by atoms with van der Waals surface area (Å²) in [4.78, 5) is 0. The van der Waals surface area contributed by atoms with Crippen molar-refractivity contribution in [2.24, 2.45) is 0 Å². The lowest BCUT2D eigenvalue weighted by atomic mass is 9.84. The third-order valence-corrected chi connectivity index (χ3v) is 8.97. The summed E-state index contributed by atoms with van der Waals surface area (Å²) in [6, 6.07) is 59.7. The van der Waals surface area contributed by atoms with Gasteiger partial charge in [0.1, 0.15) is 0 Å². The van der Waals surface area contributed by atoms with Crippen molar-refractivity contribution >= 4 is 54.1 Å². The molecule has 0 fully saturated rings. The first kappa shape index (κ1) is 24.0. The minimum atomic E-state index is 1.18. The number of para-hydroxylation sites is 2. The second-order valence-electron chi connectivity index (χ2n) is 11.3. The van der Waals surface area contributed by atoms with E-state index >= 15 is 0 Å². The summed E-state index contributed by atoms with van der Waals surface area (Å²) in [6.07, 6.45) is 0. The fraction of sp³-hybridized carbons (Fsp3) is 0. The van der Waals surface area contributed by atoms with Crippen molar-refractivity contribution in [3.05, 3.63) is 164 Å². The topological polar surface area (TPSA) is 4.93 Å². The molecule has 0 spiro atoms. The lowest BCUT2D eigenvalue weighted by Gasteiger charge is -2.19. The minimum absolute atomic E-state index is 1.18. The van der Waals surface area contributed by atoms with Crippen LogP contribution in [-0.2, 0) is 0 Å². The second-order valence-corrected chi connectivity index (χ2v) is 11.3. The van der Waals surface area contributed by atoms with Crippen LogP contribution in [0, 0.1) is 0 Å². The van der Waals surface area contributed by atoms with E-state index in [-0.39, 0.29) is 0 Å². The molecule has 0 aliphatic heterocycles. The SMILES string of the molecule is c1ccc(-[15n]2c3ccccc3c3cc(-c4c5ccccc5c(-c5cccc6ccccc56)c5ccccc45)ccc32)cc1. The van der Waals surface area contributed by atoms with E-state index in [9.17, 15) is 0 Å². The van der Waals surface area contributed by atoms with E-state index in [2.05, 4.69) is 168 Å². The molecule has 9 aromatic rings. The Morgan fingerprint density at radius 2 is 0.860 bits per heavy atom. The molecular formula is C42H27N. The van der Waals surface area contributed by atoms with E-state index < -0.39 is 0 Å². The Kier molecular flexibility index (Phi) is 5.27. The Morgan fingerprint density at radius 3 is 1.58 bits per heavy atom. The van der Waals surface area contributed by atoms with Crippen molar-refractivity contribution in [1.82, 2.24) is 4.57 Å². The maximum atomic E-state index is 2.41. The van der Waals surface area contributed by atoms with Crippen LogP contribution in [0.5, 0.6) is 0 Å². The van der Waals surface area contributed by atoms with Crippen LogP contribution in [0.3, 0.4) is 0 Å². The number of benzene rings is 8. The van der Waals surface area contributed by atoms with E-state index in [1.807, 2.05) is 0 Å². The van der Waals surface area contributed by atoms with Crippen LogP contribution in [0.15, 0.2) is 164 Å². The Bertz CT molecular complexity index is 2440. The van der Waals surface area contributed by atoms with Crippen molar-refractivity contribution in [2.75, 3.05) is 0 Å². The van der Waals surface area contributed by atoms with Gasteiger partial charge in [0, 0.05) is 16.5 Å². The lowest BCUT2D eigenvalue weighted by molar-refractivity contribution is 1.18. The second kappa shape index (κ2) is 9.44. The monoisotopic (exact) mass is 546 g/mol. The van der Waals surface area contributed by atoms with Gasteiger partial charge in [0.25, 0.3) is 0 Å². The van der Waals surface area contributed by atoms with E-state index in [0.717, 1.165) is 0 Å². The largest absolute Gasteiger partial charge is 0.309 e. The molecule has 0 unspecified atom stereocenters. The molecule has 0 N–H and O–H groups in total. The van der Waals surface area contributed by atoms with Gasteiger partial charge in [-0.2, -0.15) is 0 Å². The van der Waals surface area contributed by atoms with Crippen LogP contribution < -0.4 is 0 Å². The van der Waals surface area contributed by atoms with Crippen molar-refractivity contribution in [1.29, 1.82) is 0 Å². The molecule has 1 aromatic heterocycles. The van der Waals surface area contributed by atoms with Crippen LogP contribution in [0.4, 0.5) is 0 Å². The highest BCUT2D eigenvalue weighted by atomic mass is 15.7. The molecule has 0 radical (unpaired) electrons. The van der Waals surface area contributed by atoms with Gasteiger partial charge in [0.15, 0.2) is 0 Å². The van der Waals surface area contributed by atoms with E-state index in [4.69, 9.17) is 0 Å². The van der Waals surface area contributed by atoms with Crippen molar-refractivity contribution in [3.63, 3.8) is 0 Å². The zero-order valence-corrected chi connectivity index (χ0v) is 23.5. The zero-order chi connectivity index (χ0) is 28.3. The first-order valence-electron chi connectivity index (χ1n) is 14.9. The van der Waals surface area contributed by atoms with Gasteiger partial charge < -0.3 is 4.57 Å². The van der Waals surface area contributed by atoms with Crippen LogP contribution in [0.2, 0.25) is 0 Å². The predicted molar refractivity (Wildman–Crippen MR) is 184 cm³/mol. The normalized spacial score (nSPS) is 11.7. The van der Waals surface area contributed by atoms with E-state index in [1.165, 1.54) is 82.1 Å². The molecule has 1 heteroatoms. The summed E-state index contributed by atoms with van der Waals surface area (Å²) in [5.74, 6) is 0. The standard InChI is InChI=1S/C42H27N/c1-2-15-30(16-3-1)43-39-24-11-10-18-32(39)38-27-29(25-26-40(38)43)41-34-19-6-8-21-36(34)42(37-22-9-7-20-35(37)41)33-23-12-14-28-13-4-5-17-31(28)33/h1-27H/i43+1. The van der Waals surface area contributed by atoms with Gasteiger partial charge in [-0.05, 0) is 84.9 Å². The molecule has 1 heterocycles. The highest BCUT2D eigenvalue weighted by Crippen LogP contribution is 2.46. The lowest BCUT2D eigenvalue weighted by Crippen LogP contribution is -1.93. The number of aromatic nitrogens is 1. The summed E-state index contributed by atoms with van der Waals surface area (Å²) in [7, 11) is 0. The van der Waals surface area contributed by atoms with Crippen molar-refractivity contribution in [3.8, 4) is 27.9 Å². The van der Waals surface area contributed by atoms with Crippen molar-refractivity contribution < 1.29 is 0 Å². The first-order valence-corrected chi connectivity index (χ1v) is 14.9. The molecular weight excluding hydrogens is 519 g/mol. The molecule has 0 saturated carbocycles. The highest BCUT2D eigenvalue weighted by molar-refractivity contribution is 6.24. The van der Waals surface area contributed by atoms with Crippen LogP contribution in [0.25, 0.3) is 82.1 Å². The number of hydrogen-bond acceptors (Lipinski definition) is 0. The van der Waals surface area contributed by atoms with Gasteiger partial charge in [-0.3, -0.25) is 0 Å². The summed E-state index contributed by atoms with van der Waals surface area (Å²) in [6.45, 7) is 0. The van der Waals surface area contributed by atoms with Gasteiger partial charge in [0.2, 0.25) is 0 Å². The molecule has 0 bridgehead atoms. The van der Waals surface area contributed by atoms with Crippen LogP contribution >= 0.6 is 0 Å². The molecule has 43 heavy (non-hydrogen) atoms. The fourth-order valence-corrected chi connectivity index (χ4v) is 7.16. The smallest absolute Gasteiger partial charge is 0.0541 e. The van der Waals surface area contributed by atoms with Gasteiger partial charge in [-0.15, -0.1) is 0 Å². The highest BCUT2D eigenvalue weighted by Gasteiger charge is 2.19. The molecule has 9 rings (SSSR count). The maximum absolute atomic E-state index is 2.41. The molecule has 0 amide bonds.